The Hall–Kier alpha value is -2.77. The standard InChI is InChI=1S/C22H23F3N4O/c23-22(24,25)21(30)28-11-18-17(14-7-8-14)5-2-6-19(18)29(10-16-9-26-13-27-16)20(12-28)15-3-1-4-15/h1-3,5-6,9,13-15,20H,4,7-8,10-12H2,(H,26,27). The number of carbonyl (C=O) groups is 1. The fraction of sp³-hybridized carbons (Fsp3) is 0.455. The summed E-state index contributed by atoms with van der Waals surface area (Å²) in [6, 6.07) is 5.74. The third kappa shape index (κ3) is 3.48. The minimum absolute atomic E-state index is 0.00718. The maximum atomic E-state index is 13.4. The van der Waals surface area contributed by atoms with Crippen LogP contribution in [0.2, 0.25) is 0 Å². The van der Waals surface area contributed by atoms with Crippen LogP contribution in [0.4, 0.5) is 18.9 Å². The number of H-pyrrole nitrogens is 1. The number of hydrogen-bond acceptors (Lipinski definition) is 3. The number of anilines is 1. The van der Waals surface area contributed by atoms with Crippen molar-refractivity contribution in [3.05, 3.63) is 59.7 Å². The molecular weight excluding hydrogens is 393 g/mol. The smallest absolute Gasteiger partial charge is 0.360 e. The van der Waals surface area contributed by atoms with Crippen molar-refractivity contribution in [3.8, 4) is 0 Å². The molecule has 1 aliphatic heterocycles. The van der Waals surface area contributed by atoms with Gasteiger partial charge in [-0.2, -0.15) is 13.2 Å². The van der Waals surface area contributed by atoms with Gasteiger partial charge in [0.25, 0.3) is 0 Å². The van der Waals surface area contributed by atoms with Gasteiger partial charge < -0.3 is 14.8 Å². The minimum Gasteiger partial charge on any atom is -0.360 e. The van der Waals surface area contributed by atoms with Crippen LogP contribution >= 0.6 is 0 Å². The van der Waals surface area contributed by atoms with Gasteiger partial charge in [-0.05, 0) is 42.4 Å². The molecule has 1 fully saturated rings. The molecule has 0 bridgehead atoms. The maximum absolute atomic E-state index is 13.4. The van der Waals surface area contributed by atoms with Crippen LogP contribution in [-0.4, -0.2) is 39.5 Å². The number of benzene rings is 1. The van der Waals surface area contributed by atoms with Crippen molar-refractivity contribution in [1.29, 1.82) is 0 Å². The summed E-state index contributed by atoms with van der Waals surface area (Å²) >= 11 is 0. The number of nitrogens with zero attached hydrogens (tertiary/aromatic N) is 3. The zero-order valence-electron chi connectivity index (χ0n) is 16.4. The number of aromatic nitrogens is 2. The molecule has 1 aromatic heterocycles. The first kappa shape index (κ1) is 19.2. The van der Waals surface area contributed by atoms with Gasteiger partial charge in [0, 0.05) is 30.9 Å². The molecule has 5 nitrogen and oxygen atoms in total. The summed E-state index contributed by atoms with van der Waals surface area (Å²) in [5.41, 5.74) is 3.74. The molecule has 0 spiro atoms. The van der Waals surface area contributed by atoms with Crippen molar-refractivity contribution in [1.82, 2.24) is 14.9 Å². The van der Waals surface area contributed by atoms with E-state index in [9.17, 15) is 18.0 Å². The zero-order chi connectivity index (χ0) is 20.9. The maximum Gasteiger partial charge on any atom is 0.471 e. The van der Waals surface area contributed by atoms with Gasteiger partial charge in [0.05, 0.1) is 24.6 Å². The van der Waals surface area contributed by atoms with Gasteiger partial charge in [0.15, 0.2) is 0 Å². The first-order valence-electron chi connectivity index (χ1n) is 10.3. The summed E-state index contributed by atoms with van der Waals surface area (Å²) < 4.78 is 40.2. The second kappa shape index (κ2) is 7.18. The lowest BCUT2D eigenvalue weighted by Gasteiger charge is -2.40. The molecule has 1 amide bonds. The molecule has 1 N–H and O–H groups in total. The van der Waals surface area contributed by atoms with Crippen molar-refractivity contribution in [2.24, 2.45) is 5.92 Å². The Morgan fingerprint density at radius 1 is 1.27 bits per heavy atom. The molecular formula is C22H23F3N4O. The van der Waals surface area contributed by atoms with E-state index in [0.717, 1.165) is 46.7 Å². The number of amides is 1. The van der Waals surface area contributed by atoms with Crippen molar-refractivity contribution >= 4 is 11.6 Å². The molecule has 2 aliphatic carbocycles. The number of allylic oxidation sites excluding steroid dienone is 1. The zero-order valence-corrected chi connectivity index (χ0v) is 16.4. The number of nitrogens with one attached hydrogen (secondary N) is 1. The lowest BCUT2D eigenvalue weighted by Crippen LogP contribution is -2.50. The number of imidazole rings is 1. The quantitative estimate of drug-likeness (QED) is 0.762. The van der Waals surface area contributed by atoms with Crippen LogP contribution in [0.5, 0.6) is 0 Å². The van der Waals surface area contributed by atoms with E-state index in [1.54, 1.807) is 12.5 Å². The number of fused-ring (bicyclic) bond motifs is 1. The SMILES string of the molecule is O=C(N1Cc2c(C3CC3)cccc2N(Cc2cnc[nH]2)C(C2C=CC2)C1)C(F)(F)F. The van der Waals surface area contributed by atoms with E-state index >= 15 is 0 Å². The van der Waals surface area contributed by atoms with E-state index < -0.39 is 12.1 Å². The van der Waals surface area contributed by atoms with Crippen LogP contribution in [0.3, 0.4) is 0 Å². The van der Waals surface area contributed by atoms with Gasteiger partial charge >= 0.3 is 12.1 Å². The van der Waals surface area contributed by atoms with Crippen molar-refractivity contribution in [2.45, 2.75) is 50.5 Å². The molecule has 1 aromatic carbocycles. The van der Waals surface area contributed by atoms with Gasteiger partial charge in [-0.3, -0.25) is 4.79 Å². The van der Waals surface area contributed by atoms with Crippen LogP contribution in [0.15, 0.2) is 42.9 Å². The van der Waals surface area contributed by atoms with Gasteiger partial charge in [0.2, 0.25) is 0 Å². The van der Waals surface area contributed by atoms with Crippen LogP contribution in [0.1, 0.15) is 42.0 Å². The second-order valence-electron chi connectivity index (χ2n) is 8.40. The lowest BCUT2D eigenvalue weighted by atomic mass is 9.86. The number of alkyl halides is 3. The Labute approximate surface area is 172 Å². The molecule has 2 atom stereocenters. The van der Waals surface area contributed by atoms with Gasteiger partial charge in [0.1, 0.15) is 0 Å². The van der Waals surface area contributed by atoms with Gasteiger partial charge in [-0.15, -0.1) is 0 Å². The Kier molecular flexibility index (Phi) is 4.60. The Balaban J connectivity index is 1.61. The molecule has 2 unspecified atom stereocenters. The topological polar surface area (TPSA) is 52.2 Å². The Morgan fingerprint density at radius 3 is 2.67 bits per heavy atom. The van der Waals surface area contributed by atoms with E-state index in [-0.39, 0.29) is 25.0 Å². The molecule has 2 aromatic rings. The minimum atomic E-state index is -4.88. The summed E-state index contributed by atoms with van der Waals surface area (Å²) in [5, 5.41) is 0. The first-order valence-corrected chi connectivity index (χ1v) is 10.3. The molecule has 0 radical (unpaired) electrons. The van der Waals surface area contributed by atoms with Crippen LogP contribution in [0, 0.1) is 5.92 Å². The highest BCUT2D eigenvalue weighted by molar-refractivity contribution is 5.82. The highest BCUT2D eigenvalue weighted by Crippen LogP contribution is 2.46. The van der Waals surface area contributed by atoms with Crippen LogP contribution in [-0.2, 0) is 17.9 Å². The second-order valence-corrected chi connectivity index (χ2v) is 8.40. The molecule has 2 heterocycles. The predicted octanol–water partition coefficient (Wildman–Crippen LogP) is 4.14. The first-order chi connectivity index (χ1) is 14.4. The number of carbonyl (C=O) groups excluding carboxylic acids is 1. The lowest BCUT2D eigenvalue weighted by molar-refractivity contribution is -0.186. The molecule has 0 saturated heterocycles. The highest BCUT2D eigenvalue weighted by Gasteiger charge is 2.46. The average Bonchev–Trinajstić information content (AvgIpc) is 3.40. The Bertz CT molecular complexity index is 965. The fourth-order valence-electron chi connectivity index (χ4n) is 4.60. The third-order valence-corrected chi connectivity index (χ3v) is 6.38. The van der Waals surface area contributed by atoms with E-state index in [1.165, 1.54) is 0 Å². The van der Waals surface area contributed by atoms with E-state index in [1.807, 2.05) is 30.4 Å². The predicted molar refractivity (Wildman–Crippen MR) is 106 cm³/mol. The van der Waals surface area contributed by atoms with E-state index in [4.69, 9.17) is 0 Å². The summed E-state index contributed by atoms with van der Waals surface area (Å²) in [4.78, 5) is 22.7. The summed E-state index contributed by atoms with van der Waals surface area (Å²) in [6.07, 6.45) is 5.41. The van der Waals surface area contributed by atoms with Crippen molar-refractivity contribution in [2.75, 3.05) is 11.4 Å². The molecule has 158 valence electrons. The van der Waals surface area contributed by atoms with Crippen LogP contribution in [0.25, 0.3) is 0 Å². The normalized spacial score (nSPS) is 23.7. The highest BCUT2D eigenvalue weighted by atomic mass is 19.4. The largest absolute Gasteiger partial charge is 0.471 e. The number of hydrogen-bond donors (Lipinski definition) is 1. The van der Waals surface area contributed by atoms with E-state index in [2.05, 4.69) is 14.9 Å². The average molecular weight is 416 g/mol. The fourth-order valence-corrected chi connectivity index (χ4v) is 4.60. The molecule has 5 rings (SSSR count). The van der Waals surface area contributed by atoms with Gasteiger partial charge in [-0.25, -0.2) is 4.98 Å². The van der Waals surface area contributed by atoms with Crippen molar-refractivity contribution < 1.29 is 18.0 Å². The molecule has 1 saturated carbocycles. The van der Waals surface area contributed by atoms with Gasteiger partial charge in [-0.1, -0.05) is 24.3 Å². The number of aromatic amines is 1. The summed E-state index contributed by atoms with van der Waals surface area (Å²) in [5.74, 6) is -1.28. The molecule has 8 heteroatoms. The monoisotopic (exact) mass is 416 g/mol. The van der Waals surface area contributed by atoms with E-state index in [0.29, 0.717) is 12.5 Å². The Morgan fingerprint density at radius 2 is 2.07 bits per heavy atom. The number of rotatable bonds is 4. The third-order valence-electron chi connectivity index (χ3n) is 6.38. The van der Waals surface area contributed by atoms with Crippen LogP contribution < -0.4 is 4.90 Å². The molecule has 3 aliphatic rings. The summed E-state index contributed by atoms with van der Waals surface area (Å²) in [7, 11) is 0. The molecule has 30 heavy (non-hydrogen) atoms. The summed E-state index contributed by atoms with van der Waals surface area (Å²) in [6.45, 7) is 0.539. The van der Waals surface area contributed by atoms with Crippen molar-refractivity contribution in [3.63, 3.8) is 0 Å². The number of halogens is 3.